The van der Waals surface area contributed by atoms with Crippen molar-refractivity contribution in [2.24, 2.45) is 11.8 Å². The molecule has 0 saturated carbocycles. The van der Waals surface area contributed by atoms with Crippen molar-refractivity contribution in [2.75, 3.05) is 32.8 Å². The number of ether oxygens (including phenoxy) is 1. The molecule has 0 radical (unpaired) electrons. The molecule has 3 aliphatic rings. The fourth-order valence-corrected chi connectivity index (χ4v) is 4.29. The quantitative estimate of drug-likeness (QED) is 0.824. The van der Waals surface area contributed by atoms with Crippen LogP contribution in [0.1, 0.15) is 36.3 Å². The van der Waals surface area contributed by atoms with Crippen molar-refractivity contribution in [1.82, 2.24) is 15.1 Å². The van der Waals surface area contributed by atoms with E-state index in [4.69, 9.17) is 14.1 Å². The minimum absolute atomic E-state index is 0.109. The Morgan fingerprint density at radius 2 is 2.16 bits per heavy atom. The second-order valence-electron chi connectivity index (χ2n) is 7.53. The summed E-state index contributed by atoms with van der Waals surface area (Å²) in [5.41, 5.74) is 2.14. The van der Waals surface area contributed by atoms with Gasteiger partial charge < -0.3 is 9.26 Å². The molecule has 0 bridgehead atoms. The van der Waals surface area contributed by atoms with Gasteiger partial charge in [0.25, 0.3) is 0 Å². The third-order valence-corrected chi connectivity index (χ3v) is 5.80. The zero-order valence-electron chi connectivity index (χ0n) is 15.1. The van der Waals surface area contributed by atoms with Crippen molar-refractivity contribution in [1.29, 1.82) is 0 Å². The van der Waals surface area contributed by atoms with Crippen LogP contribution in [0, 0.1) is 25.7 Å². The Morgan fingerprint density at radius 3 is 2.88 bits per heavy atom. The second-order valence-corrected chi connectivity index (χ2v) is 7.53. The molecule has 3 atom stereocenters. The van der Waals surface area contributed by atoms with E-state index in [2.05, 4.69) is 10.1 Å². The van der Waals surface area contributed by atoms with Crippen LogP contribution in [0.5, 0.6) is 0 Å². The number of amides is 1. The van der Waals surface area contributed by atoms with Crippen molar-refractivity contribution in [3.8, 4) is 0 Å². The largest absolute Gasteiger partial charge is 0.376 e. The molecule has 0 aliphatic carbocycles. The number of carbonyl (C=O) groups excluding carboxylic acids is 1. The standard InChI is InChI=1S/C18H27N3O4/c1-12-15(13(2)25-19-12)8-20-9-16-14(11-23-17(16)10-20)7-18(22)21-5-3-4-6-24-21/h14,16-17H,3-11H2,1-2H3/t14-,16+,17+/m1/s1. The van der Waals surface area contributed by atoms with Crippen LogP contribution in [-0.4, -0.2) is 60.0 Å². The zero-order valence-corrected chi connectivity index (χ0v) is 15.1. The molecule has 3 fully saturated rings. The van der Waals surface area contributed by atoms with E-state index in [9.17, 15) is 4.79 Å². The molecule has 4 heterocycles. The van der Waals surface area contributed by atoms with E-state index in [1.54, 1.807) is 5.06 Å². The third-order valence-electron chi connectivity index (χ3n) is 5.80. The van der Waals surface area contributed by atoms with Gasteiger partial charge in [-0.3, -0.25) is 14.5 Å². The lowest BCUT2D eigenvalue weighted by molar-refractivity contribution is -0.198. The highest BCUT2D eigenvalue weighted by atomic mass is 16.7. The summed E-state index contributed by atoms with van der Waals surface area (Å²) in [5, 5.41) is 5.60. The van der Waals surface area contributed by atoms with Gasteiger partial charge in [0.15, 0.2) is 0 Å². The fraction of sp³-hybridized carbons (Fsp3) is 0.778. The lowest BCUT2D eigenvalue weighted by Crippen LogP contribution is -2.37. The van der Waals surface area contributed by atoms with Crippen LogP contribution in [0.25, 0.3) is 0 Å². The third kappa shape index (κ3) is 3.45. The average Bonchev–Trinajstić information content (AvgIpc) is 3.28. The van der Waals surface area contributed by atoms with Gasteiger partial charge in [-0.25, -0.2) is 5.06 Å². The first-order valence-electron chi connectivity index (χ1n) is 9.31. The summed E-state index contributed by atoms with van der Waals surface area (Å²) in [6.07, 6.45) is 2.84. The highest BCUT2D eigenvalue weighted by molar-refractivity contribution is 5.75. The molecule has 25 heavy (non-hydrogen) atoms. The van der Waals surface area contributed by atoms with Gasteiger partial charge in [-0.2, -0.15) is 0 Å². The molecule has 4 rings (SSSR count). The van der Waals surface area contributed by atoms with Gasteiger partial charge in [0.2, 0.25) is 5.91 Å². The van der Waals surface area contributed by atoms with Crippen molar-refractivity contribution >= 4 is 5.91 Å². The lowest BCUT2D eigenvalue weighted by Gasteiger charge is -2.27. The first-order chi connectivity index (χ1) is 12.1. The number of aryl methyl sites for hydroxylation is 2. The predicted octanol–water partition coefficient (Wildman–Crippen LogP) is 1.68. The maximum Gasteiger partial charge on any atom is 0.246 e. The lowest BCUT2D eigenvalue weighted by atomic mass is 9.90. The number of hydrogen-bond donors (Lipinski definition) is 0. The molecular formula is C18H27N3O4. The van der Waals surface area contributed by atoms with Crippen LogP contribution in [0.15, 0.2) is 4.52 Å². The number of rotatable bonds is 4. The minimum atomic E-state index is 0.109. The van der Waals surface area contributed by atoms with Gasteiger partial charge in [-0.15, -0.1) is 0 Å². The zero-order chi connectivity index (χ0) is 17.4. The van der Waals surface area contributed by atoms with E-state index < -0.39 is 0 Å². The number of fused-ring (bicyclic) bond motifs is 1. The summed E-state index contributed by atoms with van der Waals surface area (Å²) in [6.45, 7) is 8.74. The normalized spacial score (nSPS) is 30.0. The van der Waals surface area contributed by atoms with E-state index in [1.807, 2.05) is 13.8 Å². The van der Waals surface area contributed by atoms with Crippen LogP contribution >= 0.6 is 0 Å². The molecule has 7 nitrogen and oxygen atoms in total. The second kappa shape index (κ2) is 7.05. The van der Waals surface area contributed by atoms with Gasteiger partial charge in [0, 0.05) is 44.1 Å². The molecule has 0 unspecified atom stereocenters. The molecule has 0 spiro atoms. The van der Waals surface area contributed by atoms with E-state index in [0.717, 1.165) is 50.5 Å². The SMILES string of the molecule is Cc1noc(C)c1CN1C[C@H]2[C@H](CC(=O)N3CCCCO3)CO[C@H]2C1. The summed E-state index contributed by atoms with van der Waals surface area (Å²) >= 11 is 0. The summed E-state index contributed by atoms with van der Waals surface area (Å²) in [4.78, 5) is 20.4. The number of hydroxylamine groups is 2. The Balaban J connectivity index is 1.34. The molecule has 1 aromatic rings. The molecule has 0 N–H and O–H groups in total. The van der Waals surface area contributed by atoms with Gasteiger partial charge in [-0.05, 0) is 32.6 Å². The molecule has 7 heteroatoms. The number of hydrogen-bond acceptors (Lipinski definition) is 6. The Bertz CT molecular complexity index is 606. The molecular weight excluding hydrogens is 322 g/mol. The van der Waals surface area contributed by atoms with Crippen LogP contribution < -0.4 is 0 Å². The molecule has 3 aliphatic heterocycles. The van der Waals surface area contributed by atoms with Crippen LogP contribution in [0.3, 0.4) is 0 Å². The van der Waals surface area contributed by atoms with Gasteiger partial charge >= 0.3 is 0 Å². The number of aromatic nitrogens is 1. The Kier molecular flexibility index (Phi) is 4.80. The molecule has 1 aromatic heterocycles. The predicted molar refractivity (Wildman–Crippen MR) is 89.5 cm³/mol. The van der Waals surface area contributed by atoms with Crippen LogP contribution in [0.2, 0.25) is 0 Å². The van der Waals surface area contributed by atoms with Crippen LogP contribution in [-0.2, 0) is 20.9 Å². The van der Waals surface area contributed by atoms with Gasteiger partial charge in [0.1, 0.15) is 5.76 Å². The molecule has 1 amide bonds. The fourth-order valence-electron chi connectivity index (χ4n) is 4.29. The monoisotopic (exact) mass is 349 g/mol. The molecule has 0 aromatic carbocycles. The van der Waals surface area contributed by atoms with Crippen molar-refractivity contribution in [2.45, 2.75) is 45.8 Å². The van der Waals surface area contributed by atoms with Gasteiger partial charge in [-0.1, -0.05) is 5.16 Å². The topological polar surface area (TPSA) is 68.0 Å². The maximum absolute atomic E-state index is 12.5. The average molecular weight is 349 g/mol. The summed E-state index contributed by atoms with van der Waals surface area (Å²) in [6, 6.07) is 0. The van der Waals surface area contributed by atoms with Gasteiger partial charge in [0.05, 0.1) is 25.0 Å². The number of nitrogens with zero attached hydrogens (tertiary/aromatic N) is 3. The Morgan fingerprint density at radius 1 is 1.28 bits per heavy atom. The van der Waals surface area contributed by atoms with Crippen molar-refractivity contribution in [3.63, 3.8) is 0 Å². The summed E-state index contributed by atoms with van der Waals surface area (Å²) in [5.74, 6) is 1.72. The Hall–Kier alpha value is -1.44. The van der Waals surface area contributed by atoms with Crippen molar-refractivity contribution in [3.05, 3.63) is 17.0 Å². The van der Waals surface area contributed by atoms with E-state index in [-0.39, 0.29) is 17.9 Å². The minimum Gasteiger partial charge on any atom is -0.376 e. The van der Waals surface area contributed by atoms with Crippen LogP contribution in [0.4, 0.5) is 0 Å². The first kappa shape index (κ1) is 17.0. The first-order valence-corrected chi connectivity index (χ1v) is 9.31. The summed E-state index contributed by atoms with van der Waals surface area (Å²) < 4.78 is 11.3. The smallest absolute Gasteiger partial charge is 0.246 e. The number of likely N-dealkylation sites (tertiary alicyclic amines) is 1. The van der Waals surface area contributed by atoms with Crippen molar-refractivity contribution < 1.29 is 18.9 Å². The highest BCUT2D eigenvalue weighted by Crippen LogP contribution is 2.36. The Labute approximate surface area is 148 Å². The maximum atomic E-state index is 12.5. The highest BCUT2D eigenvalue weighted by Gasteiger charge is 2.45. The number of carbonyl (C=O) groups is 1. The van der Waals surface area contributed by atoms with E-state index >= 15 is 0 Å². The summed E-state index contributed by atoms with van der Waals surface area (Å²) in [7, 11) is 0. The van der Waals surface area contributed by atoms with E-state index in [1.165, 1.54) is 5.56 Å². The molecule has 3 saturated heterocycles. The molecule has 138 valence electrons. The van der Waals surface area contributed by atoms with E-state index in [0.29, 0.717) is 25.6 Å².